The van der Waals surface area contributed by atoms with Crippen molar-refractivity contribution in [3.63, 3.8) is 0 Å². The van der Waals surface area contributed by atoms with Crippen LogP contribution in [-0.2, 0) is 23.8 Å². The molecule has 1 rings (SSSR count). The van der Waals surface area contributed by atoms with Gasteiger partial charge in [-0.1, -0.05) is 0 Å². The van der Waals surface area contributed by atoms with Crippen molar-refractivity contribution in [2.45, 2.75) is 18.9 Å². The number of hydrogen-bond acceptors (Lipinski definition) is 5. The fraction of sp³-hybridized carbons (Fsp3) is 0.818. The molecule has 1 aliphatic heterocycles. The molecule has 0 saturated carbocycles. The average molecular weight is 245 g/mol. The maximum Gasteiger partial charge on any atom is 0.305 e. The maximum absolute atomic E-state index is 11.8. The molecule has 0 aromatic carbocycles. The minimum atomic E-state index is -0.508. The smallest absolute Gasteiger partial charge is 0.305 e. The van der Waals surface area contributed by atoms with E-state index in [9.17, 15) is 9.59 Å². The zero-order valence-corrected chi connectivity index (χ0v) is 10.3. The molecule has 1 unspecified atom stereocenters. The molecule has 17 heavy (non-hydrogen) atoms. The van der Waals surface area contributed by atoms with Gasteiger partial charge in [0.2, 0.25) is 0 Å². The quantitative estimate of drug-likeness (QED) is 0.628. The van der Waals surface area contributed by atoms with Crippen molar-refractivity contribution >= 4 is 11.9 Å². The Morgan fingerprint density at radius 2 is 2.18 bits per heavy atom. The van der Waals surface area contributed by atoms with E-state index >= 15 is 0 Å². The Kier molecular flexibility index (Phi) is 5.93. The lowest BCUT2D eigenvalue weighted by atomic mass is 10.2. The molecule has 0 bridgehead atoms. The van der Waals surface area contributed by atoms with Gasteiger partial charge in [0.05, 0.1) is 26.9 Å². The van der Waals surface area contributed by atoms with E-state index in [1.54, 1.807) is 11.9 Å². The van der Waals surface area contributed by atoms with Crippen molar-refractivity contribution in [3.05, 3.63) is 0 Å². The third kappa shape index (κ3) is 4.70. The number of likely N-dealkylation sites (N-methyl/N-ethyl adjacent to an activating group) is 1. The number of methoxy groups -OCH3 is 1. The number of ether oxygens (including phenoxy) is 3. The molecule has 0 aromatic heterocycles. The third-order valence-corrected chi connectivity index (χ3v) is 2.57. The van der Waals surface area contributed by atoms with Crippen molar-refractivity contribution in [3.8, 4) is 0 Å². The molecule has 0 spiro atoms. The molecule has 0 N–H and O–H groups in total. The number of amides is 1. The molecule has 1 atom stereocenters. The second-order valence-electron chi connectivity index (χ2n) is 3.87. The molecule has 98 valence electrons. The van der Waals surface area contributed by atoms with Gasteiger partial charge in [-0.25, -0.2) is 0 Å². The predicted molar refractivity (Wildman–Crippen MR) is 59.4 cm³/mol. The van der Waals surface area contributed by atoms with Crippen molar-refractivity contribution in [1.29, 1.82) is 0 Å². The Morgan fingerprint density at radius 1 is 1.41 bits per heavy atom. The first-order valence-electron chi connectivity index (χ1n) is 5.66. The second kappa shape index (κ2) is 7.24. The second-order valence-corrected chi connectivity index (χ2v) is 3.87. The summed E-state index contributed by atoms with van der Waals surface area (Å²) >= 11 is 0. The van der Waals surface area contributed by atoms with Crippen molar-refractivity contribution in [2.75, 3.05) is 40.5 Å². The molecule has 1 saturated heterocycles. The highest BCUT2D eigenvalue weighted by Crippen LogP contribution is 2.05. The summed E-state index contributed by atoms with van der Waals surface area (Å²) in [6, 6.07) is 0. The lowest BCUT2D eigenvalue weighted by molar-refractivity contribution is -0.157. The van der Waals surface area contributed by atoms with Gasteiger partial charge in [-0.05, 0) is 6.42 Å². The van der Waals surface area contributed by atoms with Crippen molar-refractivity contribution in [1.82, 2.24) is 4.90 Å². The number of hydrogen-bond donors (Lipinski definition) is 0. The van der Waals surface area contributed by atoms with Crippen LogP contribution < -0.4 is 0 Å². The van der Waals surface area contributed by atoms with Gasteiger partial charge in [-0.3, -0.25) is 9.59 Å². The Balaban J connectivity index is 2.23. The van der Waals surface area contributed by atoms with Gasteiger partial charge in [0.1, 0.15) is 0 Å². The van der Waals surface area contributed by atoms with Crippen molar-refractivity contribution < 1.29 is 23.8 Å². The highest BCUT2D eigenvalue weighted by Gasteiger charge is 2.25. The van der Waals surface area contributed by atoms with E-state index in [1.165, 1.54) is 7.11 Å². The van der Waals surface area contributed by atoms with E-state index in [2.05, 4.69) is 4.74 Å². The summed E-state index contributed by atoms with van der Waals surface area (Å²) < 4.78 is 15.0. The number of esters is 1. The highest BCUT2D eigenvalue weighted by atomic mass is 16.6. The zero-order valence-electron chi connectivity index (χ0n) is 10.3. The van der Waals surface area contributed by atoms with Crippen LogP contribution in [0.25, 0.3) is 0 Å². The van der Waals surface area contributed by atoms with Gasteiger partial charge in [0, 0.05) is 20.0 Å². The maximum atomic E-state index is 11.8. The van der Waals surface area contributed by atoms with Crippen LogP contribution in [0.3, 0.4) is 0 Å². The summed E-state index contributed by atoms with van der Waals surface area (Å²) in [7, 11) is 3.04. The predicted octanol–water partition coefficient (Wildman–Crippen LogP) is -0.187. The van der Waals surface area contributed by atoms with Crippen LogP contribution in [0.2, 0.25) is 0 Å². The van der Waals surface area contributed by atoms with Gasteiger partial charge >= 0.3 is 5.97 Å². The Bertz CT molecular complexity index is 263. The first-order valence-corrected chi connectivity index (χ1v) is 5.66. The number of carbonyl (C=O) groups is 2. The van der Waals surface area contributed by atoms with Crippen LogP contribution in [0.4, 0.5) is 0 Å². The molecular weight excluding hydrogens is 226 g/mol. The van der Waals surface area contributed by atoms with Gasteiger partial charge < -0.3 is 19.1 Å². The summed E-state index contributed by atoms with van der Waals surface area (Å²) in [6.45, 7) is 1.80. The minimum absolute atomic E-state index is 0.102. The van der Waals surface area contributed by atoms with E-state index in [1.807, 2.05) is 0 Å². The van der Waals surface area contributed by atoms with Gasteiger partial charge in [0.15, 0.2) is 6.10 Å². The third-order valence-electron chi connectivity index (χ3n) is 2.57. The average Bonchev–Trinajstić information content (AvgIpc) is 2.38. The Morgan fingerprint density at radius 3 is 2.76 bits per heavy atom. The molecule has 1 fully saturated rings. The lowest BCUT2D eigenvalue weighted by Crippen LogP contribution is -2.44. The van der Waals surface area contributed by atoms with Crippen LogP contribution in [0.15, 0.2) is 0 Å². The molecule has 0 aromatic rings. The van der Waals surface area contributed by atoms with Crippen LogP contribution in [0, 0.1) is 0 Å². The fourth-order valence-corrected chi connectivity index (χ4v) is 1.55. The van der Waals surface area contributed by atoms with Gasteiger partial charge in [-0.15, -0.1) is 0 Å². The van der Waals surface area contributed by atoms with Crippen LogP contribution in [-0.4, -0.2) is 63.4 Å². The summed E-state index contributed by atoms with van der Waals surface area (Å²) in [5.74, 6) is -0.363. The minimum Gasteiger partial charge on any atom is -0.469 e. The molecule has 6 nitrogen and oxygen atoms in total. The standard InChI is InChI=1S/C11H19NO5/c1-12(5-3-4-10(13)15-2)11(14)9-8-16-6-7-17-9/h9H,3-8H2,1-2H3. The first-order chi connectivity index (χ1) is 8.15. The summed E-state index contributed by atoms with van der Waals surface area (Å²) in [4.78, 5) is 24.3. The SMILES string of the molecule is COC(=O)CCCN(C)C(=O)C1COCCO1. The molecule has 6 heteroatoms. The molecular formula is C11H19NO5. The van der Waals surface area contributed by atoms with E-state index in [0.29, 0.717) is 39.2 Å². The fourth-order valence-electron chi connectivity index (χ4n) is 1.55. The Labute approximate surface area is 101 Å². The van der Waals surface area contributed by atoms with Crippen LogP contribution in [0.5, 0.6) is 0 Å². The van der Waals surface area contributed by atoms with E-state index in [0.717, 1.165) is 0 Å². The van der Waals surface area contributed by atoms with Crippen LogP contribution in [0.1, 0.15) is 12.8 Å². The topological polar surface area (TPSA) is 65.1 Å². The van der Waals surface area contributed by atoms with E-state index in [4.69, 9.17) is 9.47 Å². The zero-order chi connectivity index (χ0) is 12.7. The molecule has 0 aliphatic carbocycles. The van der Waals surface area contributed by atoms with Crippen LogP contribution >= 0.6 is 0 Å². The number of carbonyl (C=O) groups excluding carboxylic acids is 2. The van der Waals surface area contributed by atoms with E-state index in [-0.39, 0.29) is 11.9 Å². The highest BCUT2D eigenvalue weighted by molar-refractivity contribution is 5.81. The Hall–Kier alpha value is -1.14. The number of nitrogens with zero attached hydrogens (tertiary/aromatic N) is 1. The van der Waals surface area contributed by atoms with Gasteiger partial charge in [0.25, 0.3) is 5.91 Å². The molecule has 1 heterocycles. The van der Waals surface area contributed by atoms with E-state index < -0.39 is 6.10 Å². The summed E-state index contributed by atoms with van der Waals surface area (Å²) in [5.41, 5.74) is 0. The normalized spacial score (nSPS) is 19.8. The number of rotatable bonds is 5. The molecule has 1 amide bonds. The summed E-state index contributed by atoms with van der Waals surface area (Å²) in [5, 5.41) is 0. The molecule has 1 aliphatic rings. The molecule has 0 radical (unpaired) electrons. The summed E-state index contributed by atoms with van der Waals surface area (Å²) in [6.07, 6.45) is 0.394. The monoisotopic (exact) mass is 245 g/mol. The largest absolute Gasteiger partial charge is 0.469 e. The first kappa shape index (κ1) is 13.9. The van der Waals surface area contributed by atoms with Gasteiger partial charge in [-0.2, -0.15) is 0 Å². The lowest BCUT2D eigenvalue weighted by Gasteiger charge is -2.26. The van der Waals surface area contributed by atoms with Crippen molar-refractivity contribution in [2.24, 2.45) is 0 Å².